The zero-order valence-electron chi connectivity index (χ0n) is 23.8. The molecule has 4 aromatic carbocycles. The smallest absolute Gasteiger partial charge is 0.255 e. The fraction of sp³-hybridized carbons (Fsp3) is 0.257. The molecule has 0 spiro atoms. The van der Waals surface area contributed by atoms with E-state index in [4.69, 9.17) is 4.98 Å². The summed E-state index contributed by atoms with van der Waals surface area (Å²) >= 11 is 0. The lowest BCUT2D eigenvalue weighted by molar-refractivity contribution is 0.0723. The largest absolute Gasteiger partial charge is 0.508 e. The number of likely N-dealkylation sites (tertiary alicyclic amines) is 1. The lowest BCUT2D eigenvalue weighted by atomic mass is 9.88. The fourth-order valence-corrected chi connectivity index (χ4v) is 6.53. The van der Waals surface area contributed by atoms with Crippen molar-refractivity contribution in [1.82, 2.24) is 19.8 Å². The zero-order chi connectivity index (χ0) is 29.0. The van der Waals surface area contributed by atoms with Gasteiger partial charge in [-0.2, -0.15) is 0 Å². The molecule has 2 N–H and O–H groups in total. The number of H-pyrrole nitrogens is 1. The van der Waals surface area contributed by atoms with E-state index >= 15 is 0 Å². The Hall–Kier alpha value is -4.49. The van der Waals surface area contributed by atoms with E-state index in [1.807, 2.05) is 37.3 Å². The van der Waals surface area contributed by atoms with Crippen molar-refractivity contribution in [2.75, 3.05) is 20.1 Å². The molecule has 7 rings (SSSR count). The van der Waals surface area contributed by atoms with Crippen molar-refractivity contribution >= 4 is 16.9 Å². The van der Waals surface area contributed by atoms with Gasteiger partial charge in [0.1, 0.15) is 23.4 Å². The predicted molar refractivity (Wildman–Crippen MR) is 162 cm³/mol. The van der Waals surface area contributed by atoms with Gasteiger partial charge in [-0.1, -0.05) is 48.5 Å². The van der Waals surface area contributed by atoms with Crippen molar-refractivity contribution < 1.29 is 14.3 Å². The average Bonchev–Trinajstić information content (AvgIpc) is 3.57. The molecule has 1 saturated heterocycles. The van der Waals surface area contributed by atoms with Crippen molar-refractivity contribution in [3.05, 3.63) is 118 Å². The molecular weight excluding hydrogens is 527 g/mol. The van der Waals surface area contributed by atoms with Crippen molar-refractivity contribution in [3.8, 4) is 16.9 Å². The van der Waals surface area contributed by atoms with Gasteiger partial charge in [-0.3, -0.25) is 4.79 Å². The van der Waals surface area contributed by atoms with Gasteiger partial charge in [0.25, 0.3) is 5.91 Å². The number of fused-ring (bicyclic) bond motifs is 2. The van der Waals surface area contributed by atoms with Gasteiger partial charge in [0, 0.05) is 17.7 Å². The van der Waals surface area contributed by atoms with E-state index in [1.54, 1.807) is 4.90 Å². The first kappa shape index (κ1) is 26.4. The van der Waals surface area contributed by atoms with E-state index in [1.165, 1.54) is 36.6 Å². The molecular formula is C35H33FN4O2. The number of carbonyl (C=O) groups excluding carboxylic acids is 1. The number of benzene rings is 4. The Morgan fingerprint density at radius 1 is 0.976 bits per heavy atom. The van der Waals surface area contributed by atoms with E-state index in [2.05, 4.69) is 47.3 Å². The second-order valence-electron chi connectivity index (χ2n) is 11.7. The van der Waals surface area contributed by atoms with Gasteiger partial charge in [0.15, 0.2) is 0 Å². The highest BCUT2D eigenvalue weighted by molar-refractivity contribution is 6.00. The van der Waals surface area contributed by atoms with Crippen LogP contribution in [0.3, 0.4) is 0 Å². The number of amides is 1. The molecule has 1 fully saturated rings. The number of nitrogens with one attached hydrogen (secondary N) is 1. The monoisotopic (exact) mass is 560 g/mol. The summed E-state index contributed by atoms with van der Waals surface area (Å²) in [5.74, 6) is 0.304. The summed E-state index contributed by atoms with van der Waals surface area (Å²) in [7, 11) is 2.18. The molecule has 5 aromatic rings. The average molecular weight is 561 g/mol. The zero-order valence-corrected chi connectivity index (χ0v) is 23.8. The van der Waals surface area contributed by atoms with Gasteiger partial charge in [-0.25, -0.2) is 9.37 Å². The maximum Gasteiger partial charge on any atom is 0.255 e. The van der Waals surface area contributed by atoms with Gasteiger partial charge in [-0.05, 0) is 104 Å². The van der Waals surface area contributed by atoms with Crippen LogP contribution in [0.4, 0.5) is 4.39 Å². The number of rotatable bonds is 5. The summed E-state index contributed by atoms with van der Waals surface area (Å²) in [4.78, 5) is 26.3. The number of phenols is 1. The SMILES string of the molecule is Cc1cccc2[nH]c(C(c3cc(F)ccc3O)N3Cc4ccc(-c5ccc(C6CCN(C)CC6)cc5)cc4C3=O)nc12. The Bertz CT molecular complexity index is 1800. The maximum atomic E-state index is 14.5. The summed E-state index contributed by atoms with van der Waals surface area (Å²) in [5.41, 5.74) is 7.78. The molecule has 1 atom stereocenters. The number of imidazole rings is 1. The van der Waals surface area contributed by atoms with Crippen LogP contribution in [-0.2, 0) is 6.54 Å². The number of aromatic amines is 1. The van der Waals surface area contributed by atoms with Crippen LogP contribution >= 0.6 is 0 Å². The molecule has 1 amide bonds. The Labute approximate surface area is 244 Å². The first-order chi connectivity index (χ1) is 20.4. The van der Waals surface area contributed by atoms with Crippen molar-refractivity contribution in [2.45, 2.75) is 38.3 Å². The predicted octanol–water partition coefficient (Wildman–Crippen LogP) is 6.94. The second-order valence-corrected chi connectivity index (χ2v) is 11.7. The molecule has 212 valence electrons. The standard InChI is InChI=1S/C35H33FN4O2/c1-21-4-3-5-30-32(21)38-34(37-30)33(29-19-27(36)12-13-31(29)41)40-20-26-11-10-25(18-28(26)35(40)42)23-8-6-22(7-9-23)24-14-16-39(2)17-15-24/h3-13,18-19,24,33,41H,14-17,20H2,1-2H3,(H,37,38). The summed E-state index contributed by atoms with van der Waals surface area (Å²) in [6.07, 6.45) is 2.34. The molecule has 2 aliphatic heterocycles. The topological polar surface area (TPSA) is 72.5 Å². The van der Waals surface area contributed by atoms with Crippen LogP contribution in [0.1, 0.15) is 63.2 Å². The number of aryl methyl sites for hydroxylation is 1. The van der Waals surface area contributed by atoms with Crippen LogP contribution in [0.25, 0.3) is 22.2 Å². The van der Waals surface area contributed by atoms with Gasteiger partial charge in [0.2, 0.25) is 0 Å². The molecule has 0 radical (unpaired) electrons. The third-order valence-electron chi connectivity index (χ3n) is 8.96. The number of aromatic hydroxyl groups is 1. The van der Waals surface area contributed by atoms with Crippen LogP contribution in [-0.4, -0.2) is 50.9 Å². The van der Waals surface area contributed by atoms with Gasteiger partial charge >= 0.3 is 0 Å². The van der Waals surface area contributed by atoms with Gasteiger partial charge in [-0.15, -0.1) is 0 Å². The number of aromatic nitrogens is 2. The molecule has 0 saturated carbocycles. The van der Waals surface area contributed by atoms with E-state index in [0.29, 0.717) is 23.9 Å². The first-order valence-corrected chi connectivity index (χ1v) is 14.5. The molecule has 0 aliphatic carbocycles. The maximum absolute atomic E-state index is 14.5. The number of nitrogens with zero attached hydrogens (tertiary/aromatic N) is 3. The molecule has 2 aliphatic rings. The summed E-state index contributed by atoms with van der Waals surface area (Å²) in [5, 5.41) is 10.8. The number of hydrogen-bond acceptors (Lipinski definition) is 4. The number of halogens is 1. The van der Waals surface area contributed by atoms with Crippen LogP contribution in [0.5, 0.6) is 5.75 Å². The molecule has 3 heterocycles. The van der Waals surface area contributed by atoms with E-state index in [-0.39, 0.29) is 17.2 Å². The second kappa shape index (κ2) is 10.4. The lowest BCUT2D eigenvalue weighted by Crippen LogP contribution is -2.31. The minimum absolute atomic E-state index is 0.0901. The Kier molecular flexibility index (Phi) is 6.54. The van der Waals surface area contributed by atoms with Crippen molar-refractivity contribution in [1.29, 1.82) is 0 Å². The number of hydrogen-bond donors (Lipinski definition) is 2. The number of piperidine rings is 1. The van der Waals surface area contributed by atoms with E-state index in [0.717, 1.165) is 46.4 Å². The van der Waals surface area contributed by atoms with Gasteiger partial charge in [0.05, 0.1) is 11.0 Å². The van der Waals surface area contributed by atoms with Crippen LogP contribution in [0.2, 0.25) is 0 Å². The van der Waals surface area contributed by atoms with E-state index in [9.17, 15) is 14.3 Å². The summed E-state index contributed by atoms with van der Waals surface area (Å²) in [6.45, 7) is 4.54. The first-order valence-electron chi connectivity index (χ1n) is 14.5. The van der Waals surface area contributed by atoms with Crippen LogP contribution < -0.4 is 0 Å². The lowest BCUT2D eigenvalue weighted by Gasteiger charge is -2.29. The summed E-state index contributed by atoms with van der Waals surface area (Å²) in [6, 6.07) is 23.6. The highest BCUT2D eigenvalue weighted by Crippen LogP contribution is 2.40. The Morgan fingerprint density at radius 2 is 1.74 bits per heavy atom. The molecule has 1 unspecified atom stereocenters. The minimum Gasteiger partial charge on any atom is -0.508 e. The van der Waals surface area contributed by atoms with Crippen LogP contribution in [0, 0.1) is 12.7 Å². The molecule has 6 nitrogen and oxygen atoms in total. The minimum atomic E-state index is -0.801. The fourth-order valence-electron chi connectivity index (χ4n) is 6.53. The molecule has 7 heteroatoms. The summed E-state index contributed by atoms with van der Waals surface area (Å²) < 4.78 is 14.5. The van der Waals surface area contributed by atoms with E-state index < -0.39 is 11.9 Å². The van der Waals surface area contributed by atoms with Crippen LogP contribution in [0.15, 0.2) is 78.9 Å². The highest BCUT2D eigenvalue weighted by Gasteiger charge is 2.37. The van der Waals surface area contributed by atoms with Crippen molar-refractivity contribution in [2.24, 2.45) is 0 Å². The number of phenolic OH excluding ortho intramolecular Hbond substituents is 1. The van der Waals surface area contributed by atoms with Gasteiger partial charge < -0.3 is 19.9 Å². The molecule has 1 aromatic heterocycles. The Morgan fingerprint density at radius 3 is 2.50 bits per heavy atom. The number of para-hydroxylation sites is 1. The third-order valence-corrected chi connectivity index (χ3v) is 8.96. The molecule has 0 bridgehead atoms. The quantitative estimate of drug-likeness (QED) is 0.244. The number of carbonyl (C=O) groups is 1. The normalized spacial score (nSPS) is 16.7. The third kappa shape index (κ3) is 4.64. The highest BCUT2D eigenvalue weighted by atomic mass is 19.1. The Balaban J connectivity index is 1.23. The van der Waals surface area contributed by atoms with Crippen molar-refractivity contribution in [3.63, 3.8) is 0 Å². The molecule has 42 heavy (non-hydrogen) atoms.